The topological polar surface area (TPSA) is 23.5 Å². The smallest absolute Gasteiger partial charge is 0.0626 e. The van der Waals surface area contributed by atoms with Gasteiger partial charge >= 0.3 is 0 Å². The Kier molecular flexibility index (Phi) is 4.30. The summed E-state index contributed by atoms with van der Waals surface area (Å²) in [5, 5.41) is 10.5. The molecule has 0 amide bonds. The molecule has 1 heterocycles. The van der Waals surface area contributed by atoms with Gasteiger partial charge in [0.25, 0.3) is 0 Å². The Morgan fingerprint density at radius 2 is 1.95 bits per heavy atom. The van der Waals surface area contributed by atoms with Gasteiger partial charge in [-0.05, 0) is 30.9 Å². The fourth-order valence-corrected chi connectivity index (χ4v) is 4.04. The van der Waals surface area contributed by atoms with E-state index in [9.17, 15) is 5.11 Å². The van der Waals surface area contributed by atoms with Crippen LogP contribution < -0.4 is 4.90 Å². The summed E-state index contributed by atoms with van der Waals surface area (Å²) in [5.41, 5.74) is 2.76. The zero-order chi connectivity index (χ0) is 13.9. The Balaban J connectivity index is 1.83. The summed E-state index contributed by atoms with van der Waals surface area (Å²) < 4.78 is 0. The molecular formula is C18H27NO. The summed E-state index contributed by atoms with van der Waals surface area (Å²) in [5.74, 6) is 0.313. The van der Waals surface area contributed by atoms with Crippen LogP contribution in [0.1, 0.15) is 63.4 Å². The minimum atomic E-state index is -0.185. The summed E-state index contributed by atoms with van der Waals surface area (Å²) in [7, 11) is 0. The average molecular weight is 273 g/mol. The number of benzene rings is 1. The van der Waals surface area contributed by atoms with Crippen LogP contribution in [0.15, 0.2) is 24.3 Å². The van der Waals surface area contributed by atoms with Crippen LogP contribution in [0.2, 0.25) is 0 Å². The number of nitrogens with zero attached hydrogens (tertiary/aromatic N) is 1. The molecule has 3 rings (SSSR count). The van der Waals surface area contributed by atoms with E-state index in [-0.39, 0.29) is 6.10 Å². The molecule has 110 valence electrons. The summed E-state index contributed by atoms with van der Waals surface area (Å²) in [6.45, 7) is 3.17. The quantitative estimate of drug-likeness (QED) is 0.893. The van der Waals surface area contributed by atoms with E-state index in [1.165, 1.54) is 43.4 Å². The average Bonchev–Trinajstić information content (AvgIpc) is 2.88. The lowest BCUT2D eigenvalue weighted by Gasteiger charge is -2.34. The Morgan fingerprint density at radius 1 is 1.20 bits per heavy atom. The molecule has 2 heteroatoms. The van der Waals surface area contributed by atoms with Crippen molar-refractivity contribution in [3.8, 4) is 0 Å². The molecule has 1 aromatic carbocycles. The molecule has 0 unspecified atom stereocenters. The van der Waals surface area contributed by atoms with Gasteiger partial charge in [0.05, 0.1) is 6.10 Å². The van der Waals surface area contributed by atoms with Crippen molar-refractivity contribution < 1.29 is 5.11 Å². The second kappa shape index (κ2) is 6.17. The molecule has 0 saturated heterocycles. The van der Waals surface area contributed by atoms with Crippen molar-refractivity contribution in [2.45, 2.75) is 69.9 Å². The second-order valence-electron chi connectivity index (χ2n) is 6.47. The number of aliphatic hydroxyl groups is 1. The van der Waals surface area contributed by atoms with Crippen LogP contribution >= 0.6 is 0 Å². The number of hydrogen-bond acceptors (Lipinski definition) is 2. The fraction of sp³-hybridized carbons (Fsp3) is 0.667. The van der Waals surface area contributed by atoms with Crippen LogP contribution in [-0.2, 0) is 0 Å². The first kappa shape index (κ1) is 13.9. The van der Waals surface area contributed by atoms with Crippen molar-refractivity contribution in [2.75, 3.05) is 11.4 Å². The first-order chi connectivity index (χ1) is 9.81. The van der Waals surface area contributed by atoms with E-state index < -0.39 is 0 Å². The zero-order valence-electron chi connectivity index (χ0n) is 12.6. The number of fused-ring (bicyclic) bond motifs is 1. The van der Waals surface area contributed by atoms with E-state index in [1.807, 2.05) is 0 Å². The summed E-state index contributed by atoms with van der Waals surface area (Å²) in [4.78, 5) is 2.60. The van der Waals surface area contributed by atoms with Crippen LogP contribution in [0.25, 0.3) is 0 Å². The highest BCUT2D eigenvalue weighted by molar-refractivity contribution is 5.61. The highest BCUT2D eigenvalue weighted by atomic mass is 16.3. The molecule has 0 spiro atoms. The van der Waals surface area contributed by atoms with E-state index in [0.29, 0.717) is 12.0 Å². The molecule has 1 saturated carbocycles. The summed E-state index contributed by atoms with van der Waals surface area (Å²) in [6.07, 6.45) is 8.57. The van der Waals surface area contributed by atoms with Crippen LogP contribution in [0, 0.1) is 0 Å². The van der Waals surface area contributed by atoms with E-state index in [4.69, 9.17) is 0 Å². The highest BCUT2D eigenvalue weighted by Crippen LogP contribution is 2.42. The van der Waals surface area contributed by atoms with Crippen molar-refractivity contribution in [1.82, 2.24) is 0 Å². The Morgan fingerprint density at radius 3 is 2.70 bits per heavy atom. The third-order valence-corrected chi connectivity index (χ3v) is 5.10. The first-order valence-corrected chi connectivity index (χ1v) is 8.35. The normalized spacial score (nSPS) is 24.7. The SMILES string of the molecule is CCC[C@H](O)[C@H]1CN(C2CCCCC2)c2ccccc21. The lowest BCUT2D eigenvalue weighted by atomic mass is 9.92. The van der Waals surface area contributed by atoms with Gasteiger partial charge in [-0.2, -0.15) is 0 Å². The first-order valence-electron chi connectivity index (χ1n) is 8.35. The maximum absolute atomic E-state index is 10.5. The Bertz CT molecular complexity index is 439. The summed E-state index contributed by atoms with van der Waals surface area (Å²) in [6, 6.07) is 9.44. The minimum Gasteiger partial charge on any atom is -0.392 e. The van der Waals surface area contributed by atoms with Gasteiger partial charge in [0.15, 0.2) is 0 Å². The predicted octanol–water partition coefficient (Wildman–Crippen LogP) is 4.08. The molecule has 1 N–H and O–H groups in total. The molecule has 2 atom stereocenters. The molecule has 1 aliphatic heterocycles. The number of anilines is 1. The predicted molar refractivity (Wildman–Crippen MR) is 84.3 cm³/mol. The van der Waals surface area contributed by atoms with Crippen molar-refractivity contribution >= 4 is 5.69 Å². The number of hydrogen-bond donors (Lipinski definition) is 1. The van der Waals surface area contributed by atoms with Crippen molar-refractivity contribution in [3.63, 3.8) is 0 Å². The minimum absolute atomic E-state index is 0.185. The third kappa shape index (κ3) is 2.58. The Hall–Kier alpha value is -1.02. The van der Waals surface area contributed by atoms with Gasteiger partial charge in [-0.1, -0.05) is 50.8 Å². The van der Waals surface area contributed by atoms with E-state index in [1.54, 1.807) is 0 Å². The second-order valence-corrected chi connectivity index (χ2v) is 6.47. The van der Waals surface area contributed by atoms with Crippen LogP contribution in [0.3, 0.4) is 0 Å². The van der Waals surface area contributed by atoms with E-state index in [2.05, 4.69) is 36.1 Å². The molecule has 0 radical (unpaired) electrons. The molecule has 2 nitrogen and oxygen atoms in total. The van der Waals surface area contributed by atoms with Crippen molar-refractivity contribution in [3.05, 3.63) is 29.8 Å². The van der Waals surface area contributed by atoms with Gasteiger partial charge in [0.2, 0.25) is 0 Å². The molecular weight excluding hydrogens is 246 g/mol. The van der Waals surface area contributed by atoms with Gasteiger partial charge in [-0.25, -0.2) is 0 Å². The largest absolute Gasteiger partial charge is 0.392 e. The molecule has 0 aromatic heterocycles. The van der Waals surface area contributed by atoms with E-state index in [0.717, 1.165) is 19.4 Å². The highest BCUT2D eigenvalue weighted by Gasteiger charge is 2.36. The fourth-order valence-electron chi connectivity index (χ4n) is 4.04. The molecule has 1 fully saturated rings. The van der Waals surface area contributed by atoms with Crippen LogP contribution in [-0.4, -0.2) is 23.8 Å². The van der Waals surface area contributed by atoms with Gasteiger partial charge in [0.1, 0.15) is 0 Å². The molecule has 0 bridgehead atoms. The monoisotopic (exact) mass is 273 g/mol. The zero-order valence-corrected chi connectivity index (χ0v) is 12.6. The molecule has 1 aliphatic carbocycles. The van der Waals surface area contributed by atoms with Gasteiger partial charge in [-0.15, -0.1) is 0 Å². The molecule has 20 heavy (non-hydrogen) atoms. The van der Waals surface area contributed by atoms with E-state index >= 15 is 0 Å². The third-order valence-electron chi connectivity index (χ3n) is 5.10. The Labute approximate surface area is 122 Å². The number of aliphatic hydroxyl groups excluding tert-OH is 1. The van der Waals surface area contributed by atoms with Crippen molar-refractivity contribution in [1.29, 1.82) is 0 Å². The maximum Gasteiger partial charge on any atom is 0.0626 e. The van der Waals surface area contributed by atoms with Gasteiger partial charge in [0, 0.05) is 24.2 Å². The molecule has 2 aliphatic rings. The van der Waals surface area contributed by atoms with Crippen molar-refractivity contribution in [2.24, 2.45) is 0 Å². The molecule has 1 aromatic rings. The lowest BCUT2D eigenvalue weighted by Crippen LogP contribution is -2.37. The summed E-state index contributed by atoms with van der Waals surface area (Å²) >= 11 is 0. The maximum atomic E-state index is 10.5. The van der Waals surface area contributed by atoms with Crippen LogP contribution in [0.4, 0.5) is 5.69 Å². The lowest BCUT2D eigenvalue weighted by molar-refractivity contribution is 0.136. The van der Waals surface area contributed by atoms with Gasteiger partial charge < -0.3 is 10.0 Å². The standard InChI is InChI=1S/C18H27NO/c1-2-8-18(20)16-13-19(14-9-4-3-5-10-14)17-12-7-6-11-15(16)17/h6-7,11-12,14,16,18,20H,2-5,8-10,13H2,1H3/t16-,18-/m0/s1. The van der Waals surface area contributed by atoms with Crippen LogP contribution in [0.5, 0.6) is 0 Å². The number of para-hydroxylation sites is 1. The number of rotatable bonds is 4. The van der Waals surface area contributed by atoms with Gasteiger partial charge in [-0.3, -0.25) is 0 Å².